The highest BCUT2D eigenvalue weighted by Gasteiger charge is 2.20. The molecular formula is C12H9F3N2O2S. The Labute approximate surface area is 113 Å². The molecule has 0 saturated heterocycles. The topological polar surface area (TPSA) is 72.2 Å². The van der Waals surface area contributed by atoms with Crippen LogP contribution in [0.5, 0.6) is 0 Å². The lowest BCUT2D eigenvalue weighted by Crippen LogP contribution is -2.15. The van der Waals surface area contributed by atoms with Crippen LogP contribution in [0.4, 0.5) is 24.5 Å². The molecule has 2 aromatic carbocycles. The van der Waals surface area contributed by atoms with E-state index in [2.05, 4.69) is 0 Å². The summed E-state index contributed by atoms with van der Waals surface area (Å²) < 4.78 is 65.6. The number of rotatable bonds is 3. The van der Waals surface area contributed by atoms with Gasteiger partial charge in [0.15, 0.2) is 0 Å². The van der Waals surface area contributed by atoms with Gasteiger partial charge in [-0.05, 0) is 30.3 Å². The van der Waals surface area contributed by atoms with Crippen molar-refractivity contribution < 1.29 is 21.6 Å². The summed E-state index contributed by atoms with van der Waals surface area (Å²) in [6.07, 6.45) is 0. The fourth-order valence-corrected chi connectivity index (χ4v) is 2.55. The van der Waals surface area contributed by atoms with Crippen molar-refractivity contribution in [1.82, 2.24) is 0 Å². The number of para-hydroxylation sites is 1. The van der Waals surface area contributed by atoms with Crippen LogP contribution in [0.25, 0.3) is 0 Å². The molecular weight excluding hydrogens is 293 g/mol. The van der Waals surface area contributed by atoms with Gasteiger partial charge in [-0.1, -0.05) is 6.07 Å². The summed E-state index contributed by atoms with van der Waals surface area (Å²) >= 11 is 0. The summed E-state index contributed by atoms with van der Waals surface area (Å²) in [5, 5.41) is 0. The third-order valence-electron chi connectivity index (χ3n) is 2.48. The van der Waals surface area contributed by atoms with E-state index in [9.17, 15) is 21.6 Å². The molecule has 2 aromatic rings. The van der Waals surface area contributed by atoms with Crippen LogP contribution >= 0.6 is 0 Å². The second-order valence-electron chi connectivity index (χ2n) is 3.89. The molecule has 106 valence electrons. The van der Waals surface area contributed by atoms with E-state index in [1.54, 1.807) is 4.72 Å². The second kappa shape index (κ2) is 5.04. The van der Waals surface area contributed by atoms with Crippen molar-refractivity contribution in [2.45, 2.75) is 4.90 Å². The first kappa shape index (κ1) is 14.2. The number of benzene rings is 2. The number of hydrogen-bond donors (Lipinski definition) is 2. The normalized spacial score (nSPS) is 11.3. The van der Waals surface area contributed by atoms with Gasteiger partial charge in [-0.25, -0.2) is 21.6 Å². The summed E-state index contributed by atoms with van der Waals surface area (Å²) in [4.78, 5) is -0.494. The average Bonchev–Trinajstić information content (AvgIpc) is 2.37. The predicted octanol–water partition coefficient (Wildman–Crippen LogP) is 2.49. The summed E-state index contributed by atoms with van der Waals surface area (Å²) in [7, 11) is -4.32. The minimum Gasteiger partial charge on any atom is -0.396 e. The molecule has 0 aliphatic carbocycles. The fraction of sp³-hybridized carbons (Fsp3) is 0. The van der Waals surface area contributed by atoms with Crippen molar-refractivity contribution in [3.05, 3.63) is 53.8 Å². The van der Waals surface area contributed by atoms with E-state index in [0.29, 0.717) is 6.07 Å². The minimum atomic E-state index is -4.32. The van der Waals surface area contributed by atoms with E-state index in [4.69, 9.17) is 5.73 Å². The Morgan fingerprint density at radius 2 is 1.55 bits per heavy atom. The van der Waals surface area contributed by atoms with E-state index >= 15 is 0 Å². The van der Waals surface area contributed by atoms with Crippen molar-refractivity contribution in [2.24, 2.45) is 0 Å². The van der Waals surface area contributed by atoms with Crippen LogP contribution in [0.3, 0.4) is 0 Å². The van der Waals surface area contributed by atoms with Gasteiger partial charge in [0.05, 0.1) is 10.6 Å². The van der Waals surface area contributed by atoms with E-state index in [1.807, 2.05) is 0 Å². The molecule has 4 nitrogen and oxygen atoms in total. The van der Waals surface area contributed by atoms with Crippen LogP contribution in [0, 0.1) is 17.5 Å². The van der Waals surface area contributed by atoms with Gasteiger partial charge in [0.2, 0.25) is 0 Å². The summed E-state index contributed by atoms with van der Waals surface area (Å²) in [5.41, 5.74) is 4.16. The smallest absolute Gasteiger partial charge is 0.262 e. The first-order chi connectivity index (χ1) is 9.31. The molecule has 0 spiro atoms. The summed E-state index contributed by atoms with van der Waals surface area (Å²) in [5.74, 6) is -3.10. The van der Waals surface area contributed by atoms with Gasteiger partial charge in [-0.2, -0.15) is 0 Å². The zero-order valence-corrected chi connectivity index (χ0v) is 10.7. The maximum atomic E-state index is 13.4. The Hall–Kier alpha value is -2.22. The van der Waals surface area contributed by atoms with Gasteiger partial charge < -0.3 is 5.73 Å². The first-order valence-corrected chi connectivity index (χ1v) is 6.81. The van der Waals surface area contributed by atoms with Gasteiger partial charge in [-0.15, -0.1) is 0 Å². The predicted molar refractivity (Wildman–Crippen MR) is 68.0 cm³/mol. The van der Waals surface area contributed by atoms with Gasteiger partial charge >= 0.3 is 0 Å². The Kier molecular flexibility index (Phi) is 3.58. The molecule has 0 aromatic heterocycles. The van der Waals surface area contributed by atoms with Crippen molar-refractivity contribution in [2.75, 3.05) is 10.5 Å². The molecule has 2 rings (SSSR count). The quantitative estimate of drug-likeness (QED) is 0.856. The molecule has 0 fully saturated rings. The Morgan fingerprint density at radius 1 is 0.950 bits per heavy atom. The number of nitrogens with two attached hydrogens (primary N) is 1. The maximum Gasteiger partial charge on any atom is 0.262 e. The molecule has 0 bridgehead atoms. The van der Waals surface area contributed by atoms with E-state index < -0.39 is 38.1 Å². The average molecular weight is 302 g/mol. The van der Waals surface area contributed by atoms with Crippen LogP contribution < -0.4 is 10.5 Å². The van der Waals surface area contributed by atoms with Crippen molar-refractivity contribution >= 4 is 21.4 Å². The van der Waals surface area contributed by atoms with Crippen LogP contribution in [-0.2, 0) is 10.0 Å². The zero-order valence-electron chi connectivity index (χ0n) is 9.90. The molecule has 20 heavy (non-hydrogen) atoms. The van der Waals surface area contributed by atoms with Crippen LogP contribution in [0.1, 0.15) is 0 Å². The zero-order chi connectivity index (χ0) is 14.9. The number of hydrogen-bond acceptors (Lipinski definition) is 3. The molecule has 0 atom stereocenters. The maximum absolute atomic E-state index is 13.4. The lowest BCUT2D eigenvalue weighted by atomic mass is 10.3. The Balaban J connectivity index is 2.43. The lowest BCUT2D eigenvalue weighted by molar-refractivity contribution is 0.581. The number of nitrogens with one attached hydrogen (secondary N) is 1. The Morgan fingerprint density at radius 3 is 2.10 bits per heavy atom. The van der Waals surface area contributed by atoms with E-state index in [0.717, 1.165) is 30.3 Å². The standard InChI is InChI=1S/C12H9F3N2O2S/c13-8-2-1-3-9(14)12(8)17-20(18,19)7-4-5-11(16)10(15)6-7/h1-6,17H,16H2. The van der Waals surface area contributed by atoms with Gasteiger partial charge in [-0.3, -0.25) is 4.72 Å². The van der Waals surface area contributed by atoms with Gasteiger partial charge in [0, 0.05) is 0 Å². The van der Waals surface area contributed by atoms with Crippen LogP contribution in [0.15, 0.2) is 41.3 Å². The van der Waals surface area contributed by atoms with Crippen molar-refractivity contribution in [3.8, 4) is 0 Å². The summed E-state index contributed by atoms with van der Waals surface area (Å²) in [6, 6.07) is 5.61. The molecule has 0 aliphatic rings. The van der Waals surface area contributed by atoms with Crippen LogP contribution in [0.2, 0.25) is 0 Å². The molecule has 0 amide bonds. The van der Waals surface area contributed by atoms with E-state index in [-0.39, 0.29) is 5.69 Å². The first-order valence-electron chi connectivity index (χ1n) is 5.33. The Bertz CT molecular complexity index is 743. The second-order valence-corrected chi connectivity index (χ2v) is 5.57. The largest absolute Gasteiger partial charge is 0.396 e. The molecule has 8 heteroatoms. The molecule has 0 radical (unpaired) electrons. The highest BCUT2D eigenvalue weighted by atomic mass is 32.2. The minimum absolute atomic E-state index is 0.235. The molecule has 3 N–H and O–H groups in total. The monoisotopic (exact) mass is 302 g/mol. The summed E-state index contributed by atoms with van der Waals surface area (Å²) in [6.45, 7) is 0. The molecule has 0 heterocycles. The molecule has 0 unspecified atom stereocenters. The highest BCUT2D eigenvalue weighted by molar-refractivity contribution is 7.92. The van der Waals surface area contributed by atoms with Crippen LogP contribution in [-0.4, -0.2) is 8.42 Å². The number of anilines is 2. The van der Waals surface area contributed by atoms with Gasteiger partial charge in [0.1, 0.15) is 23.1 Å². The molecule has 0 aliphatic heterocycles. The lowest BCUT2D eigenvalue weighted by Gasteiger charge is -2.10. The number of halogens is 3. The third-order valence-corrected chi connectivity index (χ3v) is 3.83. The number of nitrogen functional groups attached to an aromatic ring is 1. The van der Waals surface area contributed by atoms with Crippen molar-refractivity contribution in [1.29, 1.82) is 0 Å². The number of sulfonamides is 1. The molecule has 0 saturated carbocycles. The van der Waals surface area contributed by atoms with E-state index in [1.165, 1.54) is 0 Å². The fourth-order valence-electron chi connectivity index (χ4n) is 1.46. The van der Waals surface area contributed by atoms with Gasteiger partial charge in [0.25, 0.3) is 10.0 Å². The third kappa shape index (κ3) is 2.69. The van der Waals surface area contributed by atoms with Crippen molar-refractivity contribution in [3.63, 3.8) is 0 Å². The SMILES string of the molecule is Nc1ccc(S(=O)(=O)Nc2c(F)cccc2F)cc1F. The highest BCUT2D eigenvalue weighted by Crippen LogP contribution is 2.23.